The zero-order valence-corrected chi connectivity index (χ0v) is 13.4. The van der Waals surface area contributed by atoms with E-state index in [1.807, 2.05) is 12.1 Å². The Bertz CT molecular complexity index is 730. The first kappa shape index (κ1) is 15.4. The van der Waals surface area contributed by atoms with Crippen LogP contribution in [0.1, 0.15) is 16.7 Å². The number of amides is 2. The van der Waals surface area contributed by atoms with Crippen LogP contribution in [0.15, 0.2) is 42.5 Å². The molecule has 2 aromatic rings. The molecule has 2 amide bonds. The van der Waals surface area contributed by atoms with Crippen LogP contribution in [0.2, 0.25) is 0 Å². The molecule has 1 aliphatic rings. The molecule has 5 nitrogen and oxygen atoms in total. The number of nitrogens with zero attached hydrogens (tertiary/aromatic N) is 2. The summed E-state index contributed by atoms with van der Waals surface area (Å²) in [5.74, 6) is 0. The van der Waals surface area contributed by atoms with Gasteiger partial charge in [-0.2, -0.15) is 5.06 Å². The fourth-order valence-electron chi connectivity index (χ4n) is 3.01. The van der Waals surface area contributed by atoms with Gasteiger partial charge in [-0.3, -0.25) is 5.21 Å². The molecule has 2 aromatic carbocycles. The van der Waals surface area contributed by atoms with Crippen molar-refractivity contribution in [3.8, 4) is 0 Å². The lowest BCUT2D eigenvalue weighted by atomic mass is 10.1. The highest BCUT2D eigenvalue weighted by molar-refractivity contribution is 5.89. The lowest BCUT2D eigenvalue weighted by molar-refractivity contribution is 0.206. The largest absolute Gasteiger partial charge is 0.367 e. The average molecular weight is 311 g/mol. The molecular formula is C18H21N3O2. The Balaban J connectivity index is 1.80. The number of aryl methyl sites for hydroxylation is 1. The highest BCUT2D eigenvalue weighted by Gasteiger charge is 2.21. The predicted molar refractivity (Wildman–Crippen MR) is 91.1 cm³/mol. The molecule has 5 heteroatoms. The average Bonchev–Trinajstić information content (AvgIpc) is 2.95. The second-order valence-corrected chi connectivity index (χ2v) is 5.84. The van der Waals surface area contributed by atoms with Crippen molar-refractivity contribution < 1.29 is 10.0 Å². The van der Waals surface area contributed by atoms with E-state index >= 15 is 0 Å². The molecule has 1 aliphatic heterocycles. The fourth-order valence-corrected chi connectivity index (χ4v) is 3.01. The minimum Gasteiger partial charge on any atom is -0.367 e. The molecule has 0 bridgehead atoms. The zero-order valence-electron chi connectivity index (χ0n) is 13.4. The maximum atomic E-state index is 11.5. The quantitative estimate of drug-likeness (QED) is 0.676. The van der Waals surface area contributed by atoms with E-state index < -0.39 is 6.03 Å². The number of urea groups is 1. The number of hydrogen-bond donors (Lipinski definition) is 2. The van der Waals surface area contributed by atoms with Gasteiger partial charge >= 0.3 is 6.03 Å². The molecule has 0 spiro atoms. The maximum absolute atomic E-state index is 11.5. The molecule has 0 radical (unpaired) electrons. The number of benzene rings is 2. The van der Waals surface area contributed by atoms with Gasteiger partial charge in [-0.1, -0.05) is 29.8 Å². The molecule has 0 unspecified atom stereocenters. The van der Waals surface area contributed by atoms with Crippen LogP contribution < -0.4 is 15.3 Å². The third-order valence-corrected chi connectivity index (χ3v) is 4.16. The molecule has 0 atom stereocenters. The van der Waals surface area contributed by atoms with Crippen LogP contribution in [-0.2, 0) is 13.0 Å². The van der Waals surface area contributed by atoms with Gasteiger partial charge in [-0.05, 0) is 42.7 Å². The van der Waals surface area contributed by atoms with Crippen LogP contribution >= 0.6 is 0 Å². The van der Waals surface area contributed by atoms with Gasteiger partial charge in [0.05, 0.1) is 5.69 Å². The molecule has 2 N–H and O–H groups in total. The Morgan fingerprint density at radius 2 is 2.13 bits per heavy atom. The van der Waals surface area contributed by atoms with Crippen LogP contribution in [0.5, 0.6) is 0 Å². The van der Waals surface area contributed by atoms with Crippen LogP contribution in [-0.4, -0.2) is 24.8 Å². The standard InChI is InChI=1S/C18H21N3O2/c1-13-4-3-5-14(10-13)12-20-9-8-15-11-16(6-7-17(15)20)21(23)18(22)19-2/h3-7,10-11,23H,8-9,12H2,1-2H3,(H,19,22). The topological polar surface area (TPSA) is 55.8 Å². The summed E-state index contributed by atoms with van der Waals surface area (Å²) >= 11 is 0. The van der Waals surface area contributed by atoms with Crippen molar-refractivity contribution in [2.75, 3.05) is 23.6 Å². The summed E-state index contributed by atoms with van der Waals surface area (Å²) in [5, 5.41) is 12.9. The first-order valence-electron chi connectivity index (χ1n) is 7.72. The summed E-state index contributed by atoms with van der Waals surface area (Å²) in [7, 11) is 1.49. The van der Waals surface area contributed by atoms with E-state index in [0.717, 1.165) is 25.1 Å². The number of fused-ring (bicyclic) bond motifs is 1. The van der Waals surface area contributed by atoms with E-state index in [1.165, 1.54) is 23.9 Å². The maximum Gasteiger partial charge on any atom is 0.345 e. The van der Waals surface area contributed by atoms with Gasteiger partial charge < -0.3 is 10.2 Å². The van der Waals surface area contributed by atoms with Crippen molar-refractivity contribution in [1.82, 2.24) is 5.32 Å². The van der Waals surface area contributed by atoms with E-state index in [1.54, 1.807) is 6.07 Å². The molecular weight excluding hydrogens is 290 g/mol. The van der Waals surface area contributed by atoms with Crippen molar-refractivity contribution >= 4 is 17.4 Å². The van der Waals surface area contributed by atoms with Gasteiger partial charge in [0.25, 0.3) is 0 Å². The number of rotatable bonds is 3. The zero-order chi connectivity index (χ0) is 16.4. The highest BCUT2D eigenvalue weighted by Crippen LogP contribution is 2.32. The molecule has 0 aromatic heterocycles. The van der Waals surface area contributed by atoms with Crippen LogP contribution in [0, 0.1) is 6.92 Å². The number of carbonyl (C=O) groups is 1. The molecule has 3 rings (SSSR count). The van der Waals surface area contributed by atoms with Crippen molar-refractivity contribution in [3.63, 3.8) is 0 Å². The summed E-state index contributed by atoms with van der Waals surface area (Å²) in [6.07, 6.45) is 0.913. The Hall–Kier alpha value is -2.53. The monoisotopic (exact) mass is 311 g/mol. The van der Waals surface area contributed by atoms with Crippen molar-refractivity contribution in [1.29, 1.82) is 0 Å². The fraction of sp³-hybridized carbons (Fsp3) is 0.278. The number of hydroxylamine groups is 1. The molecule has 120 valence electrons. The Labute approximate surface area is 136 Å². The van der Waals surface area contributed by atoms with Gasteiger partial charge in [0.2, 0.25) is 0 Å². The first-order chi connectivity index (χ1) is 11.1. The first-order valence-corrected chi connectivity index (χ1v) is 7.72. The predicted octanol–water partition coefficient (Wildman–Crippen LogP) is 3.09. The SMILES string of the molecule is CNC(=O)N(O)c1ccc2c(c1)CCN2Cc1cccc(C)c1. The molecule has 0 aliphatic carbocycles. The molecule has 23 heavy (non-hydrogen) atoms. The van der Waals surface area contributed by atoms with Gasteiger partial charge in [0.1, 0.15) is 0 Å². The highest BCUT2D eigenvalue weighted by atomic mass is 16.5. The van der Waals surface area contributed by atoms with E-state index in [9.17, 15) is 10.0 Å². The summed E-state index contributed by atoms with van der Waals surface area (Å²) in [5.41, 5.74) is 5.36. The number of carbonyl (C=O) groups excluding carboxylic acids is 1. The Kier molecular flexibility index (Phi) is 4.21. The van der Waals surface area contributed by atoms with Crippen molar-refractivity contribution in [2.45, 2.75) is 19.9 Å². The van der Waals surface area contributed by atoms with Crippen LogP contribution in [0.4, 0.5) is 16.2 Å². The Morgan fingerprint density at radius 1 is 1.30 bits per heavy atom. The van der Waals surface area contributed by atoms with Crippen LogP contribution in [0.3, 0.4) is 0 Å². The molecule has 0 fully saturated rings. The van der Waals surface area contributed by atoms with E-state index in [0.29, 0.717) is 10.8 Å². The summed E-state index contributed by atoms with van der Waals surface area (Å²) < 4.78 is 0. The van der Waals surface area contributed by atoms with Gasteiger partial charge in [0, 0.05) is 25.8 Å². The number of nitrogens with one attached hydrogen (secondary N) is 1. The normalized spacial score (nSPS) is 12.9. The summed E-state index contributed by atoms with van der Waals surface area (Å²) in [6, 6.07) is 13.6. The van der Waals surface area contributed by atoms with Gasteiger partial charge in [-0.25, -0.2) is 4.79 Å². The smallest absolute Gasteiger partial charge is 0.345 e. The van der Waals surface area contributed by atoms with Crippen LogP contribution in [0.25, 0.3) is 0 Å². The summed E-state index contributed by atoms with van der Waals surface area (Å²) in [4.78, 5) is 13.8. The lowest BCUT2D eigenvalue weighted by Gasteiger charge is -2.21. The van der Waals surface area contributed by atoms with E-state index in [-0.39, 0.29) is 0 Å². The number of anilines is 2. The minimum atomic E-state index is -0.542. The molecule has 0 saturated carbocycles. The van der Waals surface area contributed by atoms with Crippen molar-refractivity contribution in [2.24, 2.45) is 0 Å². The lowest BCUT2D eigenvalue weighted by Crippen LogP contribution is -2.35. The Morgan fingerprint density at radius 3 is 2.87 bits per heavy atom. The third kappa shape index (κ3) is 3.14. The van der Waals surface area contributed by atoms with Crippen molar-refractivity contribution in [3.05, 3.63) is 59.2 Å². The van der Waals surface area contributed by atoms with Gasteiger partial charge in [-0.15, -0.1) is 0 Å². The second-order valence-electron chi connectivity index (χ2n) is 5.84. The van der Waals surface area contributed by atoms with E-state index in [4.69, 9.17) is 0 Å². The second kappa shape index (κ2) is 6.30. The molecule has 1 heterocycles. The summed E-state index contributed by atoms with van der Waals surface area (Å²) in [6.45, 7) is 3.91. The molecule has 0 saturated heterocycles. The van der Waals surface area contributed by atoms with Gasteiger partial charge in [0.15, 0.2) is 0 Å². The third-order valence-electron chi connectivity index (χ3n) is 4.16. The van der Waals surface area contributed by atoms with E-state index in [2.05, 4.69) is 41.4 Å². The number of hydrogen-bond acceptors (Lipinski definition) is 3. The minimum absolute atomic E-state index is 0.487.